The van der Waals surface area contributed by atoms with Crippen LogP contribution in [0.1, 0.15) is 21.7 Å². The van der Waals surface area contributed by atoms with Gasteiger partial charge in [0.2, 0.25) is 0 Å². The van der Waals surface area contributed by atoms with Crippen molar-refractivity contribution < 1.29 is 23.2 Å². The number of halogens is 2. The molecule has 1 aromatic heterocycles. The van der Waals surface area contributed by atoms with E-state index in [-0.39, 0.29) is 35.8 Å². The van der Waals surface area contributed by atoms with Crippen LogP contribution in [-0.4, -0.2) is 33.8 Å². The van der Waals surface area contributed by atoms with Crippen molar-refractivity contribution in [3.63, 3.8) is 0 Å². The molecule has 0 saturated carbocycles. The highest BCUT2D eigenvalue weighted by atomic mass is 19.3. The van der Waals surface area contributed by atoms with Crippen LogP contribution in [0.25, 0.3) is 0 Å². The number of para-hydroxylation sites is 1. The third-order valence-corrected chi connectivity index (χ3v) is 3.48. The molecule has 0 aliphatic heterocycles. The zero-order chi connectivity index (χ0) is 18.6. The van der Waals surface area contributed by atoms with Gasteiger partial charge in [0.1, 0.15) is 17.1 Å². The van der Waals surface area contributed by atoms with Crippen molar-refractivity contribution in [2.45, 2.75) is 27.0 Å². The second kappa shape index (κ2) is 7.69. The molecule has 2 aromatic rings. The monoisotopic (exact) mass is 354 g/mol. The van der Waals surface area contributed by atoms with Crippen LogP contribution in [0.15, 0.2) is 24.3 Å². The zero-order valence-electron chi connectivity index (χ0n) is 13.5. The Balaban J connectivity index is 2.02. The van der Waals surface area contributed by atoms with Crippen molar-refractivity contribution in [2.75, 3.05) is 6.54 Å². The minimum absolute atomic E-state index is 0.0258. The Labute approximate surface area is 141 Å². The minimum atomic E-state index is -3.04. The highest BCUT2D eigenvalue weighted by Crippen LogP contribution is 2.22. The Morgan fingerprint density at radius 1 is 1.40 bits per heavy atom. The largest absolute Gasteiger partial charge is 0.434 e. The number of hydrogen-bond donors (Lipinski definition) is 1. The quantitative estimate of drug-likeness (QED) is 0.608. The van der Waals surface area contributed by atoms with E-state index in [1.54, 1.807) is 6.92 Å². The summed E-state index contributed by atoms with van der Waals surface area (Å²) in [5.41, 5.74) is 0.562. The van der Waals surface area contributed by atoms with Gasteiger partial charge in [-0.25, -0.2) is 0 Å². The summed E-state index contributed by atoms with van der Waals surface area (Å²) in [5, 5.41) is 17.6. The number of rotatable bonds is 7. The van der Waals surface area contributed by atoms with Crippen LogP contribution >= 0.6 is 0 Å². The van der Waals surface area contributed by atoms with Gasteiger partial charge in [0, 0.05) is 6.54 Å². The van der Waals surface area contributed by atoms with Gasteiger partial charge in [-0.2, -0.15) is 13.9 Å². The van der Waals surface area contributed by atoms with Crippen molar-refractivity contribution >= 4 is 11.6 Å². The molecule has 0 aliphatic carbocycles. The Morgan fingerprint density at radius 2 is 2.08 bits per heavy atom. The second-order valence-corrected chi connectivity index (χ2v) is 5.13. The molecule has 0 aliphatic rings. The first-order chi connectivity index (χ1) is 11.8. The molecule has 1 aromatic carbocycles. The minimum Gasteiger partial charge on any atom is -0.434 e. The molecule has 25 heavy (non-hydrogen) atoms. The average molecular weight is 354 g/mol. The van der Waals surface area contributed by atoms with Crippen molar-refractivity contribution in [3.05, 3.63) is 51.3 Å². The van der Waals surface area contributed by atoms with Crippen LogP contribution in [0.2, 0.25) is 0 Å². The first-order valence-corrected chi connectivity index (χ1v) is 7.31. The summed E-state index contributed by atoms with van der Waals surface area (Å²) in [5.74, 6) is -0.816. The second-order valence-electron chi connectivity index (χ2n) is 5.13. The van der Waals surface area contributed by atoms with E-state index in [9.17, 15) is 23.7 Å². The van der Waals surface area contributed by atoms with Gasteiger partial charge < -0.3 is 10.1 Å². The van der Waals surface area contributed by atoms with Crippen molar-refractivity contribution in [1.82, 2.24) is 15.1 Å². The normalized spacial score (nSPS) is 10.8. The SMILES string of the molecule is Cc1nn(CCNC(=O)c2ccccc2OC(F)F)c(C)c1[N+](=O)[O-]. The molecule has 8 nitrogen and oxygen atoms in total. The fourth-order valence-corrected chi connectivity index (χ4v) is 2.39. The van der Waals surface area contributed by atoms with E-state index in [1.807, 2.05) is 0 Å². The number of amides is 1. The molecule has 10 heteroatoms. The van der Waals surface area contributed by atoms with E-state index in [2.05, 4.69) is 15.2 Å². The summed E-state index contributed by atoms with van der Waals surface area (Å²) in [7, 11) is 0. The van der Waals surface area contributed by atoms with Crippen LogP contribution in [0.3, 0.4) is 0 Å². The Kier molecular flexibility index (Phi) is 5.63. The lowest BCUT2D eigenvalue weighted by Gasteiger charge is -2.11. The predicted molar refractivity (Wildman–Crippen MR) is 83.8 cm³/mol. The Morgan fingerprint density at radius 3 is 2.68 bits per heavy atom. The number of nitro groups is 1. The van der Waals surface area contributed by atoms with Gasteiger partial charge in [-0.15, -0.1) is 0 Å². The fourth-order valence-electron chi connectivity index (χ4n) is 2.39. The maximum atomic E-state index is 12.4. The van der Waals surface area contributed by atoms with Crippen molar-refractivity contribution in [1.29, 1.82) is 0 Å². The number of aryl methyl sites for hydroxylation is 1. The number of nitrogens with zero attached hydrogens (tertiary/aromatic N) is 3. The molecule has 0 atom stereocenters. The third-order valence-electron chi connectivity index (χ3n) is 3.48. The standard InChI is InChI=1S/C15H16F2N4O4/c1-9-13(21(23)24)10(2)20(19-9)8-7-18-14(22)11-5-3-4-6-12(11)25-15(16)17/h3-6,15H,7-8H2,1-2H3,(H,18,22). The number of aromatic nitrogens is 2. The Hall–Kier alpha value is -3.04. The maximum Gasteiger partial charge on any atom is 0.387 e. The smallest absolute Gasteiger partial charge is 0.387 e. The lowest BCUT2D eigenvalue weighted by molar-refractivity contribution is -0.386. The number of alkyl halides is 2. The van der Waals surface area contributed by atoms with Crippen LogP contribution in [0.5, 0.6) is 5.75 Å². The number of benzene rings is 1. The first kappa shape index (κ1) is 18.3. The summed E-state index contributed by atoms with van der Waals surface area (Å²) in [4.78, 5) is 22.6. The van der Waals surface area contributed by atoms with Gasteiger partial charge in [-0.05, 0) is 26.0 Å². The molecule has 0 fully saturated rings. The molecule has 2 rings (SSSR count). The van der Waals surface area contributed by atoms with Gasteiger partial charge in [-0.1, -0.05) is 12.1 Å². The summed E-state index contributed by atoms with van der Waals surface area (Å²) >= 11 is 0. The van der Waals surface area contributed by atoms with E-state index in [0.717, 1.165) is 0 Å². The van der Waals surface area contributed by atoms with Gasteiger partial charge in [-0.3, -0.25) is 19.6 Å². The summed E-state index contributed by atoms with van der Waals surface area (Å²) in [6.45, 7) is 0.360. The fraction of sp³-hybridized carbons (Fsp3) is 0.333. The van der Waals surface area contributed by atoms with E-state index in [4.69, 9.17) is 0 Å². The number of carbonyl (C=O) groups excluding carboxylic acids is 1. The van der Waals surface area contributed by atoms with Crippen molar-refractivity contribution in [3.8, 4) is 5.75 Å². The molecule has 0 spiro atoms. The van der Waals surface area contributed by atoms with Gasteiger partial charge >= 0.3 is 12.3 Å². The highest BCUT2D eigenvalue weighted by molar-refractivity contribution is 5.96. The number of carbonyl (C=O) groups is 1. The van der Waals surface area contributed by atoms with Crippen molar-refractivity contribution in [2.24, 2.45) is 0 Å². The molecule has 0 saturated heterocycles. The van der Waals surface area contributed by atoms with E-state index < -0.39 is 17.4 Å². The topological polar surface area (TPSA) is 99.3 Å². The van der Waals surface area contributed by atoms with E-state index in [1.165, 1.54) is 35.9 Å². The molecule has 0 radical (unpaired) electrons. The van der Waals surface area contributed by atoms with Crippen LogP contribution < -0.4 is 10.1 Å². The third kappa shape index (κ3) is 4.28. The van der Waals surface area contributed by atoms with Gasteiger partial charge in [0.15, 0.2) is 0 Å². The molecular formula is C15H16F2N4O4. The number of ether oxygens (including phenoxy) is 1. The Bertz CT molecular complexity index is 792. The lowest BCUT2D eigenvalue weighted by Crippen LogP contribution is -2.28. The highest BCUT2D eigenvalue weighted by Gasteiger charge is 2.21. The number of nitrogens with one attached hydrogen (secondary N) is 1. The van der Waals surface area contributed by atoms with E-state index >= 15 is 0 Å². The van der Waals surface area contributed by atoms with Gasteiger partial charge in [0.05, 0.1) is 17.0 Å². The molecule has 0 bridgehead atoms. The molecular weight excluding hydrogens is 338 g/mol. The summed E-state index contributed by atoms with van der Waals surface area (Å²) in [6.07, 6.45) is 0. The van der Waals surface area contributed by atoms with E-state index in [0.29, 0.717) is 5.69 Å². The zero-order valence-corrected chi connectivity index (χ0v) is 13.5. The molecule has 1 amide bonds. The van der Waals surface area contributed by atoms with Gasteiger partial charge in [0.25, 0.3) is 5.91 Å². The van der Waals surface area contributed by atoms with Crippen LogP contribution in [0.4, 0.5) is 14.5 Å². The lowest BCUT2D eigenvalue weighted by atomic mass is 10.2. The molecule has 134 valence electrons. The average Bonchev–Trinajstić information content (AvgIpc) is 2.81. The first-order valence-electron chi connectivity index (χ1n) is 7.31. The molecule has 1 heterocycles. The van der Waals surface area contributed by atoms with Crippen LogP contribution in [0, 0.1) is 24.0 Å². The summed E-state index contributed by atoms with van der Waals surface area (Å²) in [6, 6.07) is 5.63. The number of hydrogen-bond acceptors (Lipinski definition) is 5. The molecule has 1 N–H and O–H groups in total. The van der Waals surface area contributed by atoms with Crippen LogP contribution in [-0.2, 0) is 6.54 Å². The predicted octanol–water partition coefficient (Wildman–Crippen LogP) is 2.44. The summed E-state index contributed by atoms with van der Waals surface area (Å²) < 4.78 is 30.5. The molecule has 0 unspecified atom stereocenters. The maximum absolute atomic E-state index is 12.4.